The Bertz CT molecular complexity index is 5090. The van der Waals surface area contributed by atoms with Gasteiger partial charge in [-0.15, -0.1) is 89.5 Å². The molecule has 10 aromatic heterocycles. The molecule has 0 saturated heterocycles. The number of H-pyrrole nitrogens is 4. The van der Waals surface area contributed by atoms with Crippen LogP contribution in [0.3, 0.4) is 0 Å². The number of hydrogen-bond donors (Lipinski definition) is 4. The summed E-state index contributed by atoms with van der Waals surface area (Å²) in [7, 11) is 0. The summed E-state index contributed by atoms with van der Waals surface area (Å²) in [5, 5.41) is 31.3. The van der Waals surface area contributed by atoms with Gasteiger partial charge in [0.05, 0.1) is 0 Å². The first-order valence-corrected chi connectivity index (χ1v) is 42.4. The predicted molar refractivity (Wildman–Crippen MR) is 474 cm³/mol. The van der Waals surface area contributed by atoms with Crippen LogP contribution in [0.2, 0.25) is 0 Å². The van der Waals surface area contributed by atoms with Crippen LogP contribution in [-0.4, -0.2) is 79.2 Å². The molecule has 15 nitrogen and oxygen atoms in total. The van der Waals surface area contributed by atoms with Gasteiger partial charge in [-0.05, 0) is 205 Å². The molecule has 4 saturated carbocycles. The van der Waals surface area contributed by atoms with Crippen molar-refractivity contribution < 1.29 is 116 Å². The molecule has 4 aliphatic rings. The number of pyridine rings is 5. The Balaban J connectivity index is 0.000000266. The number of aromatic nitrogens is 15. The van der Waals surface area contributed by atoms with Crippen LogP contribution in [0, 0.1) is 76.5 Å². The molecule has 14 aromatic rings. The van der Waals surface area contributed by atoms with Crippen molar-refractivity contribution in [2.45, 2.75) is 213 Å². The van der Waals surface area contributed by atoms with Gasteiger partial charge in [0.2, 0.25) is 0 Å². The molecular formula is C100H110BF8Ir4N15-5. The maximum atomic E-state index is 13.9. The third kappa shape index (κ3) is 36.3. The minimum absolute atomic E-state index is 0. The van der Waals surface area contributed by atoms with Crippen LogP contribution in [0.25, 0.3) is 56.4 Å². The number of alkyl halides is 3. The third-order valence-corrected chi connectivity index (χ3v) is 23.4. The van der Waals surface area contributed by atoms with Crippen LogP contribution >= 0.6 is 0 Å². The Hall–Kier alpha value is -9.22. The van der Waals surface area contributed by atoms with Gasteiger partial charge in [-0.1, -0.05) is 189 Å². The second-order valence-electron chi connectivity index (χ2n) is 33.0. The van der Waals surface area contributed by atoms with E-state index in [1.807, 2.05) is 60.9 Å². The van der Waals surface area contributed by atoms with E-state index in [4.69, 9.17) is 0 Å². The van der Waals surface area contributed by atoms with Gasteiger partial charge in [-0.25, -0.2) is 4.39 Å². The van der Waals surface area contributed by atoms with E-state index in [1.54, 1.807) is 92.3 Å². The molecule has 4 fully saturated rings. The van der Waals surface area contributed by atoms with Crippen LogP contribution in [-0.2, 0) is 105 Å². The summed E-state index contributed by atoms with van der Waals surface area (Å²) in [6.45, 7) is 13.9. The Morgan fingerprint density at radius 3 is 1.40 bits per heavy atom. The first-order valence-electron chi connectivity index (χ1n) is 42.4. The number of rotatable bonds is 15. The molecule has 28 heteroatoms. The largest absolute Gasteiger partial charge is 0.573 e. The van der Waals surface area contributed by atoms with E-state index in [2.05, 4.69) is 178 Å². The van der Waals surface area contributed by atoms with Gasteiger partial charge >= 0.3 is 6.18 Å². The molecule has 4 N–H and O–H groups in total. The average molecular weight is 2450 g/mol. The monoisotopic (exact) mass is 2460 g/mol. The molecule has 18 rings (SSSR count). The van der Waals surface area contributed by atoms with Crippen molar-refractivity contribution in [3.63, 3.8) is 0 Å². The predicted octanol–water partition coefficient (Wildman–Crippen LogP) is 25.7. The normalized spacial score (nSPS) is 14.7. The van der Waals surface area contributed by atoms with Crippen LogP contribution in [0.15, 0.2) is 238 Å². The zero-order chi connectivity index (χ0) is 87.2. The van der Waals surface area contributed by atoms with E-state index in [9.17, 15) is 35.1 Å². The maximum absolute atomic E-state index is 13.9. The third-order valence-electron chi connectivity index (χ3n) is 23.4. The molecule has 0 aliphatic heterocycles. The second-order valence-corrected chi connectivity index (χ2v) is 33.0. The minimum atomic E-state index is -4.46. The number of halogens is 8. The van der Waals surface area contributed by atoms with Crippen molar-refractivity contribution in [1.29, 1.82) is 0 Å². The zero-order valence-electron chi connectivity index (χ0n) is 72.9. The number of benzene rings is 4. The van der Waals surface area contributed by atoms with Crippen molar-refractivity contribution in [1.82, 2.24) is 75.9 Å². The quantitative estimate of drug-likeness (QED) is 0.0329. The molecule has 7 radical (unpaired) electrons. The van der Waals surface area contributed by atoms with Crippen molar-refractivity contribution in [2.24, 2.45) is 16.2 Å². The zero-order valence-corrected chi connectivity index (χ0v) is 82.5. The molecule has 4 aromatic carbocycles. The SMILES string of the molecule is CC(c1ccnc(-c2[c-]cc(F)cc2F)c1)C1(C)CCCC1.CC1(CCCc2ccc(-c3[c-]cc(F)cc3F)nc2)CCCCC1.CC1(c2ccnc(-c3[c-]ccc(F)c3)c2)CCCCCC1.Cc1cc[c-]c(-c2ccc(CCC3(C)CCCC3)cn2)c1.FC(F)(F)c1cc(-c2ccccn2)[n-]n1.[B].[Ir].[Ir].[Ir].[Ir].c1cn[nH]c1.c1cn[nH]c1.c1cn[nH]c1.c1cn[nH]c1. The van der Waals surface area contributed by atoms with Gasteiger partial charge in [0.25, 0.3) is 0 Å². The topological polar surface area (TPSA) is 206 Å². The van der Waals surface area contributed by atoms with Crippen molar-refractivity contribution >= 4 is 8.41 Å². The van der Waals surface area contributed by atoms with Crippen LogP contribution in [0.5, 0.6) is 0 Å². The van der Waals surface area contributed by atoms with Gasteiger partial charge in [0.15, 0.2) is 0 Å². The standard InChI is InChI=1S/C21H24F2N.C20H24N.C19H20F2N.C19H21FN.C9H5F3N3.4C3H4N2.B.4Ir/c1-21(11-3-2-4-12-21)13-5-6-16-7-10-20(24-15-16)18-9-8-17(22)14-19(18)23;1-16-6-5-7-18(14-16)19-9-8-17(15-21-19)10-13-20(2)11-3-4-12-20;1-13(19(2)8-3-4-9-19)14-7-10-22-18(11-14)16-6-5-15(20)12-17(16)21;1-19(10-4-2-3-5-11-19)16-9-12-21-18(14-16)15-7-6-8-17(20)13-15;10-9(11,12)8-5-7(14-15-8)6-3-1-2-4-13-6;4*1-2-4-5-3-1;;;;;/h7-8,10,14-15H,2-6,11-13H2,1H3;5-6,8-9,14-15H,3-4,10-13H2,1-2H3;5,7,10-13H,3-4,8-9H2,1-2H3;6,8-9,12-14H,2-5,10-11H2,1H3;1-5H;4*1-3H,(H,4,5);;;;;/q5*-1;;;;;;;;;. The summed E-state index contributed by atoms with van der Waals surface area (Å²) in [6, 6.07) is 55.8. The number of nitrogens with zero attached hydrogens (tertiary/aromatic N) is 11. The molecule has 0 spiro atoms. The summed E-state index contributed by atoms with van der Waals surface area (Å²) in [5.41, 5.74) is 12.5. The number of aryl methyl sites for hydroxylation is 3. The minimum Gasteiger partial charge on any atom is -0.573 e. The second kappa shape index (κ2) is 56.4. The summed E-state index contributed by atoms with van der Waals surface area (Å²) in [4.78, 5) is 21.5. The molecule has 1 unspecified atom stereocenters. The average Bonchev–Trinajstić information content (AvgIpc) is 1.74. The molecule has 4 aliphatic carbocycles. The Morgan fingerprint density at radius 2 is 0.914 bits per heavy atom. The van der Waals surface area contributed by atoms with E-state index >= 15 is 0 Å². The number of aromatic amines is 4. The van der Waals surface area contributed by atoms with E-state index in [-0.39, 0.29) is 117 Å². The van der Waals surface area contributed by atoms with Gasteiger partial charge in [0, 0.05) is 204 Å². The summed E-state index contributed by atoms with van der Waals surface area (Å²) in [5.74, 6) is -2.34. The summed E-state index contributed by atoms with van der Waals surface area (Å²) < 4.78 is 104. The Labute approximate surface area is 804 Å². The van der Waals surface area contributed by atoms with E-state index in [1.165, 1.54) is 175 Å². The Morgan fingerprint density at radius 1 is 0.430 bits per heavy atom. The molecular weight excluding hydrogens is 2340 g/mol. The first kappa shape index (κ1) is 109. The van der Waals surface area contributed by atoms with Crippen LogP contribution in [0.4, 0.5) is 35.1 Å². The van der Waals surface area contributed by atoms with Crippen molar-refractivity contribution in [3.8, 4) is 56.4 Å². The fraction of sp³-hybridized carbons (Fsp3) is 0.360. The van der Waals surface area contributed by atoms with Crippen LogP contribution < -0.4 is 5.10 Å². The fourth-order valence-corrected chi connectivity index (χ4v) is 15.9. The molecule has 0 bridgehead atoms. The molecule has 10 heterocycles. The van der Waals surface area contributed by atoms with Crippen LogP contribution in [0.1, 0.15) is 215 Å². The van der Waals surface area contributed by atoms with Gasteiger partial charge in [-0.2, -0.15) is 33.6 Å². The summed E-state index contributed by atoms with van der Waals surface area (Å²) in [6.07, 6.45) is 49.3. The fourth-order valence-electron chi connectivity index (χ4n) is 15.9. The molecule has 128 heavy (non-hydrogen) atoms. The smallest absolute Gasteiger partial charge is 0.431 e. The molecule has 0 amide bonds. The van der Waals surface area contributed by atoms with E-state index in [0.29, 0.717) is 39.2 Å². The van der Waals surface area contributed by atoms with Gasteiger partial charge in [0.1, 0.15) is 5.69 Å². The van der Waals surface area contributed by atoms with Gasteiger partial charge in [-0.3, -0.25) is 42.9 Å². The van der Waals surface area contributed by atoms with Gasteiger partial charge < -0.3 is 30.1 Å². The first-order chi connectivity index (χ1) is 59.4. The maximum Gasteiger partial charge on any atom is 0.431 e. The summed E-state index contributed by atoms with van der Waals surface area (Å²) >= 11 is 0. The van der Waals surface area contributed by atoms with Crippen molar-refractivity contribution in [3.05, 3.63) is 325 Å². The Kier molecular flexibility index (Phi) is 48.2. The number of hydrogen-bond acceptors (Lipinski definition) is 10. The van der Waals surface area contributed by atoms with E-state index in [0.717, 1.165) is 77.7 Å². The number of nitrogens with one attached hydrogen (secondary N) is 4. The molecule has 1 atom stereocenters. The molecule has 685 valence electrons. The van der Waals surface area contributed by atoms with E-state index < -0.39 is 35.1 Å². The van der Waals surface area contributed by atoms with Crippen molar-refractivity contribution in [2.75, 3.05) is 0 Å².